The number of carbonyl (C=O) groups excluding carboxylic acids is 1. The Kier molecular flexibility index (Phi) is 5.68. The Morgan fingerprint density at radius 2 is 1.95 bits per heavy atom. The van der Waals surface area contributed by atoms with Crippen molar-refractivity contribution in [2.24, 2.45) is 23.5 Å². The SMILES string of the molecule is CC1CC(N)CCC1C(=O)NCCCC1CCCC1. The van der Waals surface area contributed by atoms with Gasteiger partial charge in [-0.1, -0.05) is 32.6 Å². The second-order valence-corrected chi connectivity index (χ2v) is 6.74. The first-order valence-electron chi connectivity index (χ1n) is 8.20. The number of carbonyl (C=O) groups is 1. The molecule has 3 unspecified atom stereocenters. The maximum atomic E-state index is 12.2. The zero-order valence-corrected chi connectivity index (χ0v) is 12.4. The van der Waals surface area contributed by atoms with Gasteiger partial charge >= 0.3 is 0 Å². The molecule has 0 aromatic rings. The molecular formula is C16H30N2O. The van der Waals surface area contributed by atoms with Gasteiger partial charge in [0, 0.05) is 18.5 Å². The summed E-state index contributed by atoms with van der Waals surface area (Å²) in [6.45, 7) is 3.03. The van der Waals surface area contributed by atoms with Crippen LogP contribution in [0.25, 0.3) is 0 Å². The molecule has 3 atom stereocenters. The minimum absolute atomic E-state index is 0.200. The molecule has 2 aliphatic rings. The summed E-state index contributed by atoms with van der Waals surface area (Å²) in [6.07, 6.45) is 11.1. The number of nitrogens with two attached hydrogens (primary N) is 1. The highest BCUT2D eigenvalue weighted by molar-refractivity contribution is 5.79. The van der Waals surface area contributed by atoms with Gasteiger partial charge in [0.2, 0.25) is 5.91 Å². The van der Waals surface area contributed by atoms with E-state index in [0.29, 0.717) is 12.0 Å². The average molecular weight is 266 g/mol. The highest BCUT2D eigenvalue weighted by Crippen LogP contribution is 2.30. The van der Waals surface area contributed by atoms with Gasteiger partial charge in [-0.25, -0.2) is 0 Å². The highest BCUT2D eigenvalue weighted by Gasteiger charge is 2.30. The van der Waals surface area contributed by atoms with Crippen LogP contribution in [0.1, 0.15) is 64.7 Å². The van der Waals surface area contributed by atoms with E-state index < -0.39 is 0 Å². The van der Waals surface area contributed by atoms with Crippen LogP contribution in [0.3, 0.4) is 0 Å². The molecule has 3 N–H and O–H groups in total. The molecule has 0 spiro atoms. The summed E-state index contributed by atoms with van der Waals surface area (Å²) in [5, 5.41) is 3.14. The van der Waals surface area contributed by atoms with E-state index in [-0.39, 0.29) is 11.8 Å². The number of amides is 1. The number of rotatable bonds is 5. The predicted octanol–water partition coefficient (Wildman–Crippen LogP) is 2.84. The van der Waals surface area contributed by atoms with Gasteiger partial charge in [0.25, 0.3) is 0 Å². The van der Waals surface area contributed by atoms with Crippen LogP contribution in [0.4, 0.5) is 0 Å². The van der Waals surface area contributed by atoms with Crippen LogP contribution in [0.15, 0.2) is 0 Å². The maximum absolute atomic E-state index is 12.2. The van der Waals surface area contributed by atoms with Crippen molar-refractivity contribution < 1.29 is 4.79 Å². The number of hydrogen-bond donors (Lipinski definition) is 2. The first-order valence-corrected chi connectivity index (χ1v) is 8.20. The molecule has 0 heterocycles. The smallest absolute Gasteiger partial charge is 0.223 e. The van der Waals surface area contributed by atoms with E-state index in [2.05, 4.69) is 12.2 Å². The summed E-state index contributed by atoms with van der Waals surface area (Å²) in [7, 11) is 0. The van der Waals surface area contributed by atoms with E-state index in [1.165, 1.54) is 32.1 Å². The van der Waals surface area contributed by atoms with Crippen molar-refractivity contribution in [3.05, 3.63) is 0 Å². The van der Waals surface area contributed by atoms with E-state index in [1.54, 1.807) is 0 Å². The van der Waals surface area contributed by atoms with Crippen molar-refractivity contribution in [1.82, 2.24) is 5.32 Å². The van der Waals surface area contributed by atoms with E-state index in [4.69, 9.17) is 5.73 Å². The quantitative estimate of drug-likeness (QED) is 0.752. The molecule has 2 fully saturated rings. The highest BCUT2D eigenvalue weighted by atomic mass is 16.1. The molecule has 0 aromatic carbocycles. The van der Waals surface area contributed by atoms with Crippen molar-refractivity contribution in [3.8, 4) is 0 Å². The van der Waals surface area contributed by atoms with Crippen LogP contribution >= 0.6 is 0 Å². The first kappa shape index (κ1) is 14.8. The lowest BCUT2D eigenvalue weighted by molar-refractivity contribution is -0.127. The molecule has 3 nitrogen and oxygen atoms in total. The van der Waals surface area contributed by atoms with Crippen molar-refractivity contribution in [3.63, 3.8) is 0 Å². The van der Waals surface area contributed by atoms with Crippen LogP contribution < -0.4 is 11.1 Å². The summed E-state index contributed by atoms with van der Waals surface area (Å²) in [6, 6.07) is 0.307. The second-order valence-electron chi connectivity index (χ2n) is 6.74. The zero-order chi connectivity index (χ0) is 13.7. The molecule has 0 saturated heterocycles. The van der Waals surface area contributed by atoms with Crippen LogP contribution in [-0.2, 0) is 4.79 Å². The normalized spacial score (nSPS) is 32.4. The number of hydrogen-bond acceptors (Lipinski definition) is 2. The lowest BCUT2D eigenvalue weighted by Crippen LogP contribution is -2.41. The molecule has 3 heteroatoms. The molecule has 110 valence electrons. The molecule has 2 aliphatic carbocycles. The van der Waals surface area contributed by atoms with Gasteiger partial charge in [-0.3, -0.25) is 4.79 Å². The average Bonchev–Trinajstić information content (AvgIpc) is 2.87. The van der Waals surface area contributed by atoms with Crippen molar-refractivity contribution in [2.75, 3.05) is 6.54 Å². The van der Waals surface area contributed by atoms with E-state index in [1.807, 2.05) is 0 Å². The zero-order valence-electron chi connectivity index (χ0n) is 12.4. The lowest BCUT2D eigenvalue weighted by atomic mass is 9.78. The van der Waals surface area contributed by atoms with Gasteiger partial charge in [0.15, 0.2) is 0 Å². The van der Waals surface area contributed by atoms with Crippen molar-refractivity contribution in [1.29, 1.82) is 0 Å². The fraction of sp³-hybridized carbons (Fsp3) is 0.938. The summed E-state index contributed by atoms with van der Waals surface area (Å²) in [5.74, 6) is 1.85. The summed E-state index contributed by atoms with van der Waals surface area (Å²) >= 11 is 0. The van der Waals surface area contributed by atoms with Gasteiger partial charge in [-0.15, -0.1) is 0 Å². The lowest BCUT2D eigenvalue weighted by Gasteiger charge is -2.31. The third-order valence-electron chi connectivity index (χ3n) is 5.11. The molecule has 0 aliphatic heterocycles. The summed E-state index contributed by atoms with van der Waals surface area (Å²) < 4.78 is 0. The Morgan fingerprint density at radius 3 is 2.63 bits per heavy atom. The molecule has 0 aromatic heterocycles. The van der Waals surface area contributed by atoms with Crippen LogP contribution in [0.5, 0.6) is 0 Å². The predicted molar refractivity (Wildman–Crippen MR) is 78.7 cm³/mol. The topological polar surface area (TPSA) is 55.1 Å². The summed E-state index contributed by atoms with van der Waals surface area (Å²) in [5.41, 5.74) is 5.95. The molecule has 2 saturated carbocycles. The monoisotopic (exact) mass is 266 g/mol. The maximum Gasteiger partial charge on any atom is 0.223 e. The third kappa shape index (κ3) is 4.48. The van der Waals surface area contributed by atoms with Gasteiger partial charge in [0.05, 0.1) is 0 Å². The Balaban J connectivity index is 1.61. The van der Waals surface area contributed by atoms with Crippen LogP contribution in [-0.4, -0.2) is 18.5 Å². The molecular weight excluding hydrogens is 236 g/mol. The fourth-order valence-electron chi connectivity index (χ4n) is 3.86. The van der Waals surface area contributed by atoms with Gasteiger partial charge in [-0.2, -0.15) is 0 Å². The van der Waals surface area contributed by atoms with Crippen LogP contribution in [0, 0.1) is 17.8 Å². The van der Waals surface area contributed by atoms with Crippen molar-refractivity contribution >= 4 is 5.91 Å². The largest absolute Gasteiger partial charge is 0.356 e. The molecule has 0 radical (unpaired) electrons. The molecule has 2 rings (SSSR count). The third-order valence-corrected chi connectivity index (χ3v) is 5.11. The fourth-order valence-corrected chi connectivity index (χ4v) is 3.86. The Labute approximate surface area is 117 Å². The van der Waals surface area contributed by atoms with Gasteiger partial charge in [-0.05, 0) is 43.9 Å². The Hall–Kier alpha value is -0.570. The van der Waals surface area contributed by atoms with Crippen LogP contribution in [0.2, 0.25) is 0 Å². The van der Waals surface area contributed by atoms with Crippen molar-refractivity contribution in [2.45, 2.75) is 70.8 Å². The minimum Gasteiger partial charge on any atom is -0.356 e. The van der Waals surface area contributed by atoms with Gasteiger partial charge in [0.1, 0.15) is 0 Å². The first-order chi connectivity index (χ1) is 9.16. The van der Waals surface area contributed by atoms with E-state index >= 15 is 0 Å². The Bertz CT molecular complexity index is 286. The Morgan fingerprint density at radius 1 is 1.21 bits per heavy atom. The van der Waals surface area contributed by atoms with E-state index in [0.717, 1.165) is 38.1 Å². The standard InChI is InChI=1S/C16H30N2O/c1-12-11-14(17)8-9-15(12)16(19)18-10-4-7-13-5-2-3-6-13/h12-15H,2-11,17H2,1H3,(H,18,19). The summed E-state index contributed by atoms with van der Waals surface area (Å²) in [4.78, 5) is 12.2. The second kappa shape index (κ2) is 7.28. The molecule has 0 bridgehead atoms. The minimum atomic E-state index is 0.200. The number of nitrogens with one attached hydrogen (secondary N) is 1. The molecule has 19 heavy (non-hydrogen) atoms. The van der Waals surface area contributed by atoms with E-state index in [9.17, 15) is 4.79 Å². The van der Waals surface area contributed by atoms with Gasteiger partial charge < -0.3 is 11.1 Å². The molecule has 1 amide bonds.